The molecule has 0 aliphatic heterocycles. The first-order chi connectivity index (χ1) is 6.20. The Bertz CT molecular complexity index is 294. The molecule has 68 valence electrons. The Kier molecular flexibility index (Phi) is 1.91. The van der Waals surface area contributed by atoms with Crippen molar-refractivity contribution in [2.45, 2.75) is 25.7 Å². The Hall–Kier alpha value is -1.18. The topological polar surface area (TPSA) is 34.1 Å². The molecule has 1 spiro atoms. The standard InChI is InChI=1S/C11H12O2/c12-9-3-6-11(7-4-9)5-1-2-10(13)8-11/h3-4,6-7H,1-2,5,8H2. The number of carbonyl (C=O) groups excluding carboxylic acids is 2. The molecule has 1 saturated carbocycles. The Balaban J connectivity index is 2.21. The van der Waals surface area contributed by atoms with Gasteiger partial charge in [0.2, 0.25) is 0 Å². The second kappa shape index (κ2) is 2.95. The van der Waals surface area contributed by atoms with Crippen molar-refractivity contribution in [1.29, 1.82) is 0 Å². The van der Waals surface area contributed by atoms with Crippen molar-refractivity contribution >= 4 is 11.6 Å². The third kappa shape index (κ3) is 1.62. The normalized spacial score (nSPS) is 25.5. The summed E-state index contributed by atoms with van der Waals surface area (Å²) in [7, 11) is 0. The van der Waals surface area contributed by atoms with Gasteiger partial charge in [-0.15, -0.1) is 0 Å². The minimum Gasteiger partial charge on any atom is -0.300 e. The summed E-state index contributed by atoms with van der Waals surface area (Å²) in [5.74, 6) is 0.346. The molecule has 13 heavy (non-hydrogen) atoms. The number of hydrogen-bond acceptors (Lipinski definition) is 2. The van der Waals surface area contributed by atoms with Crippen LogP contribution in [0.25, 0.3) is 0 Å². The third-order valence-corrected chi connectivity index (χ3v) is 2.78. The van der Waals surface area contributed by atoms with Gasteiger partial charge in [-0.3, -0.25) is 9.59 Å². The molecule has 0 aromatic carbocycles. The van der Waals surface area contributed by atoms with E-state index in [9.17, 15) is 9.59 Å². The Morgan fingerprint density at radius 2 is 1.85 bits per heavy atom. The highest BCUT2D eigenvalue weighted by atomic mass is 16.1. The summed E-state index contributed by atoms with van der Waals surface area (Å²) in [6.07, 6.45) is 10.2. The van der Waals surface area contributed by atoms with Crippen LogP contribution in [0, 0.1) is 5.41 Å². The van der Waals surface area contributed by atoms with E-state index in [0.717, 1.165) is 12.8 Å². The maximum Gasteiger partial charge on any atom is 0.178 e. The predicted molar refractivity (Wildman–Crippen MR) is 49.2 cm³/mol. The van der Waals surface area contributed by atoms with Crippen LogP contribution >= 0.6 is 0 Å². The zero-order valence-corrected chi connectivity index (χ0v) is 7.45. The molecule has 0 unspecified atom stereocenters. The maximum atomic E-state index is 11.3. The van der Waals surface area contributed by atoms with Gasteiger partial charge in [-0.25, -0.2) is 0 Å². The Morgan fingerprint density at radius 3 is 2.46 bits per heavy atom. The minimum absolute atomic E-state index is 0.0312. The molecule has 1 fully saturated rings. The van der Waals surface area contributed by atoms with Crippen LogP contribution in [0.5, 0.6) is 0 Å². The van der Waals surface area contributed by atoms with Gasteiger partial charge in [0.25, 0.3) is 0 Å². The van der Waals surface area contributed by atoms with Crippen LogP contribution < -0.4 is 0 Å². The van der Waals surface area contributed by atoms with Crippen LogP contribution in [0.1, 0.15) is 25.7 Å². The summed E-state index contributed by atoms with van der Waals surface area (Å²) in [6, 6.07) is 0. The van der Waals surface area contributed by atoms with E-state index in [1.807, 2.05) is 12.2 Å². The molecule has 2 aliphatic carbocycles. The minimum atomic E-state index is -0.122. The molecule has 2 heteroatoms. The molecule has 2 nitrogen and oxygen atoms in total. The molecule has 0 amide bonds. The first-order valence-electron chi connectivity index (χ1n) is 4.64. The zero-order valence-electron chi connectivity index (χ0n) is 7.45. The van der Waals surface area contributed by atoms with Crippen LogP contribution in [0.3, 0.4) is 0 Å². The summed E-state index contributed by atoms with van der Waals surface area (Å²) in [4.78, 5) is 22.2. The lowest BCUT2D eigenvalue weighted by Gasteiger charge is -2.31. The first kappa shape index (κ1) is 8.42. The maximum absolute atomic E-state index is 11.3. The lowest BCUT2D eigenvalue weighted by atomic mass is 9.71. The molecule has 0 saturated heterocycles. The van der Waals surface area contributed by atoms with Gasteiger partial charge in [0.15, 0.2) is 5.78 Å². The lowest BCUT2D eigenvalue weighted by Crippen LogP contribution is -2.26. The number of ketones is 2. The molecule has 2 rings (SSSR count). The van der Waals surface area contributed by atoms with Crippen molar-refractivity contribution in [3.8, 4) is 0 Å². The van der Waals surface area contributed by atoms with Gasteiger partial charge in [-0.05, 0) is 25.0 Å². The summed E-state index contributed by atoms with van der Waals surface area (Å²) in [6.45, 7) is 0. The fourth-order valence-corrected chi connectivity index (χ4v) is 2.05. The average Bonchev–Trinajstić information content (AvgIpc) is 2.11. The average molecular weight is 176 g/mol. The Labute approximate surface area is 77.3 Å². The number of allylic oxidation sites excluding steroid dienone is 4. The summed E-state index contributed by atoms with van der Waals surface area (Å²) in [5, 5.41) is 0. The smallest absolute Gasteiger partial charge is 0.178 e. The number of carbonyl (C=O) groups is 2. The van der Waals surface area contributed by atoms with Crippen molar-refractivity contribution in [1.82, 2.24) is 0 Å². The van der Waals surface area contributed by atoms with E-state index in [1.54, 1.807) is 12.2 Å². The first-order valence-corrected chi connectivity index (χ1v) is 4.64. The van der Waals surface area contributed by atoms with Crippen molar-refractivity contribution in [3.05, 3.63) is 24.3 Å². The van der Waals surface area contributed by atoms with Gasteiger partial charge >= 0.3 is 0 Å². The van der Waals surface area contributed by atoms with Crippen LogP contribution in [0.4, 0.5) is 0 Å². The van der Waals surface area contributed by atoms with E-state index in [1.165, 1.54) is 0 Å². The number of rotatable bonds is 0. The summed E-state index contributed by atoms with van der Waals surface area (Å²) >= 11 is 0. The van der Waals surface area contributed by atoms with Gasteiger partial charge in [0.1, 0.15) is 5.78 Å². The number of Topliss-reactive ketones (excluding diaryl/α,β-unsaturated/α-hetero) is 1. The van der Waals surface area contributed by atoms with Gasteiger partial charge in [0.05, 0.1) is 0 Å². The van der Waals surface area contributed by atoms with Gasteiger partial charge in [-0.2, -0.15) is 0 Å². The van der Waals surface area contributed by atoms with Gasteiger partial charge in [-0.1, -0.05) is 12.2 Å². The molecule has 0 aromatic rings. The van der Waals surface area contributed by atoms with Gasteiger partial charge < -0.3 is 0 Å². The molecule has 0 radical (unpaired) electrons. The summed E-state index contributed by atoms with van der Waals surface area (Å²) in [5.41, 5.74) is -0.122. The second-order valence-corrected chi connectivity index (χ2v) is 3.87. The number of hydrogen-bond donors (Lipinski definition) is 0. The van der Waals surface area contributed by atoms with E-state index in [4.69, 9.17) is 0 Å². The molecular weight excluding hydrogens is 164 g/mol. The van der Waals surface area contributed by atoms with E-state index >= 15 is 0 Å². The lowest BCUT2D eigenvalue weighted by molar-refractivity contribution is -0.122. The second-order valence-electron chi connectivity index (χ2n) is 3.87. The monoisotopic (exact) mass is 176 g/mol. The fraction of sp³-hybridized carbons (Fsp3) is 0.455. The van der Waals surface area contributed by atoms with Crippen LogP contribution in [0.2, 0.25) is 0 Å². The highest BCUT2D eigenvalue weighted by molar-refractivity contribution is 6.00. The largest absolute Gasteiger partial charge is 0.300 e. The van der Waals surface area contributed by atoms with E-state index in [-0.39, 0.29) is 11.2 Å². The van der Waals surface area contributed by atoms with E-state index in [2.05, 4.69) is 0 Å². The van der Waals surface area contributed by atoms with Crippen molar-refractivity contribution < 1.29 is 9.59 Å². The van der Waals surface area contributed by atoms with Gasteiger partial charge in [0, 0.05) is 18.3 Å². The molecular formula is C11H12O2. The van der Waals surface area contributed by atoms with Crippen molar-refractivity contribution in [2.75, 3.05) is 0 Å². The van der Waals surface area contributed by atoms with Crippen molar-refractivity contribution in [2.24, 2.45) is 5.41 Å². The molecule has 0 N–H and O–H groups in total. The Morgan fingerprint density at radius 1 is 1.15 bits per heavy atom. The molecule has 2 aliphatic rings. The molecule has 0 aromatic heterocycles. The van der Waals surface area contributed by atoms with Crippen LogP contribution in [-0.2, 0) is 9.59 Å². The zero-order chi connectivity index (χ0) is 9.31. The predicted octanol–water partition coefficient (Wildman–Crippen LogP) is 1.81. The summed E-state index contributed by atoms with van der Waals surface area (Å²) < 4.78 is 0. The third-order valence-electron chi connectivity index (χ3n) is 2.78. The van der Waals surface area contributed by atoms with Crippen LogP contribution in [0.15, 0.2) is 24.3 Å². The van der Waals surface area contributed by atoms with E-state index < -0.39 is 0 Å². The molecule has 0 heterocycles. The SMILES string of the molecule is O=C1C=CC2(C=C1)CCCC(=O)C2. The molecule has 0 atom stereocenters. The van der Waals surface area contributed by atoms with Crippen molar-refractivity contribution in [3.63, 3.8) is 0 Å². The van der Waals surface area contributed by atoms with Crippen LogP contribution in [-0.4, -0.2) is 11.6 Å². The highest BCUT2D eigenvalue weighted by Gasteiger charge is 2.32. The quantitative estimate of drug-likeness (QED) is 0.564. The highest BCUT2D eigenvalue weighted by Crippen LogP contribution is 2.38. The fourth-order valence-electron chi connectivity index (χ4n) is 2.05. The van der Waals surface area contributed by atoms with E-state index in [0.29, 0.717) is 18.6 Å². The molecule has 0 bridgehead atoms.